The molecule has 540 valence electrons. The van der Waals surface area contributed by atoms with E-state index in [0.29, 0.717) is 24.8 Å². The van der Waals surface area contributed by atoms with Gasteiger partial charge in [-0.2, -0.15) is 0 Å². The van der Waals surface area contributed by atoms with Gasteiger partial charge in [-0.15, -0.1) is 0 Å². The first-order valence-electron chi connectivity index (χ1n) is 32.3. The van der Waals surface area contributed by atoms with E-state index in [0.717, 1.165) is 0 Å². The number of primary amides is 1. The second kappa shape index (κ2) is 42.6. The van der Waals surface area contributed by atoms with Crippen molar-refractivity contribution in [1.29, 1.82) is 0 Å². The number of carboxylic acids is 1. The fraction of sp³-hybridized carbons (Fsp3) is 0.672. The predicted molar refractivity (Wildman–Crippen MR) is 350 cm³/mol. The molecule has 35 heteroatoms. The van der Waals surface area contributed by atoms with Crippen LogP contribution in [0.25, 0.3) is 0 Å². The number of guanidine groups is 1. The Morgan fingerprint density at radius 2 is 0.958 bits per heavy atom. The van der Waals surface area contributed by atoms with Gasteiger partial charge in [0.05, 0.1) is 19.3 Å². The number of hydrogen-bond acceptors (Lipinski definition) is 20. The quantitative estimate of drug-likeness (QED) is 0.0164. The fourth-order valence-electron chi connectivity index (χ4n) is 10.2. The molecule has 1 fully saturated rings. The number of hydrogen-bond donors (Lipinski definition) is 20. The normalized spacial score (nSPS) is 16.3. The Bertz CT molecular complexity index is 2800. The molecule has 1 heterocycles. The number of nitrogens with two attached hydrogens (primary N) is 6. The van der Waals surface area contributed by atoms with Gasteiger partial charge in [0.15, 0.2) is 5.96 Å². The van der Waals surface area contributed by atoms with Crippen LogP contribution in [0.15, 0.2) is 29.3 Å². The van der Waals surface area contributed by atoms with Gasteiger partial charge in [-0.25, -0.2) is 4.79 Å². The third kappa shape index (κ3) is 28.7. The maximum Gasteiger partial charge on any atom is 0.328 e. The molecule has 26 N–H and O–H groups in total. The van der Waals surface area contributed by atoms with E-state index in [-0.39, 0.29) is 95.7 Å². The average molecular weight is 1360 g/mol. The summed E-state index contributed by atoms with van der Waals surface area (Å²) < 4.78 is 0. The fourth-order valence-corrected chi connectivity index (χ4v) is 10.2. The zero-order valence-electron chi connectivity index (χ0n) is 55.9. The van der Waals surface area contributed by atoms with Crippen LogP contribution in [0.2, 0.25) is 0 Å². The summed E-state index contributed by atoms with van der Waals surface area (Å²) in [5.74, 6) is -14.2. The van der Waals surface area contributed by atoms with Crippen LogP contribution in [0.5, 0.6) is 5.75 Å². The molecule has 0 saturated carbocycles. The minimum Gasteiger partial charge on any atom is -0.508 e. The summed E-state index contributed by atoms with van der Waals surface area (Å²) in [7, 11) is 0. The molecule has 1 aliphatic heterocycles. The van der Waals surface area contributed by atoms with Crippen molar-refractivity contribution >= 4 is 82.8 Å². The molecule has 12 amide bonds. The van der Waals surface area contributed by atoms with Gasteiger partial charge in [-0.1, -0.05) is 53.7 Å². The van der Waals surface area contributed by atoms with Gasteiger partial charge in [0, 0.05) is 25.9 Å². The number of rotatable bonds is 44. The number of amides is 12. The van der Waals surface area contributed by atoms with Crippen LogP contribution in [0, 0.1) is 17.8 Å². The van der Waals surface area contributed by atoms with E-state index in [4.69, 9.17) is 34.4 Å². The topological polar surface area (TPSA) is 595 Å². The van der Waals surface area contributed by atoms with Crippen LogP contribution in [0.3, 0.4) is 0 Å². The second-order valence-electron chi connectivity index (χ2n) is 24.7. The predicted octanol–water partition coefficient (Wildman–Crippen LogP) is -6.26. The van der Waals surface area contributed by atoms with Crippen LogP contribution >= 0.6 is 0 Å². The highest BCUT2D eigenvalue weighted by Crippen LogP contribution is 2.22. The van der Waals surface area contributed by atoms with Crippen LogP contribution in [0.4, 0.5) is 0 Å². The number of benzene rings is 1. The highest BCUT2D eigenvalue weighted by atomic mass is 16.4. The van der Waals surface area contributed by atoms with Gasteiger partial charge < -0.3 is 113 Å². The number of nitrogens with zero attached hydrogens (tertiary/aromatic N) is 2. The number of phenols is 1. The van der Waals surface area contributed by atoms with Crippen LogP contribution < -0.4 is 87.6 Å². The van der Waals surface area contributed by atoms with E-state index >= 15 is 0 Å². The van der Waals surface area contributed by atoms with Crippen molar-refractivity contribution in [2.24, 2.45) is 57.1 Å². The molecule has 0 spiro atoms. The van der Waals surface area contributed by atoms with E-state index < -0.39 is 187 Å². The lowest BCUT2D eigenvalue weighted by molar-refractivity contribution is -0.144. The van der Waals surface area contributed by atoms with Gasteiger partial charge >= 0.3 is 5.97 Å². The van der Waals surface area contributed by atoms with Gasteiger partial charge in [0.1, 0.15) is 72.2 Å². The number of aliphatic hydroxyl groups excluding tert-OH is 2. The highest BCUT2D eigenvalue weighted by molar-refractivity contribution is 6.00. The molecule has 0 radical (unpaired) electrons. The first-order valence-corrected chi connectivity index (χ1v) is 32.3. The molecule has 2 rings (SSSR count). The molecule has 0 aliphatic carbocycles. The van der Waals surface area contributed by atoms with Gasteiger partial charge in [-0.3, -0.25) is 62.5 Å². The number of phenolic OH excluding ortho intramolecular Hbond substituents is 1. The number of aliphatic hydroxyl groups is 2. The first-order chi connectivity index (χ1) is 45.2. The smallest absolute Gasteiger partial charge is 0.328 e. The number of nitrogens with one attached hydrogen (secondary N) is 10. The molecule has 1 aliphatic rings. The zero-order valence-corrected chi connectivity index (χ0v) is 55.9. The molecule has 0 unspecified atom stereocenters. The summed E-state index contributed by atoms with van der Waals surface area (Å²) in [5, 5.41) is 65.4. The Morgan fingerprint density at radius 3 is 1.42 bits per heavy atom. The van der Waals surface area contributed by atoms with E-state index in [1.165, 1.54) is 36.1 Å². The molecule has 1 saturated heterocycles. The van der Waals surface area contributed by atoms with Crippen molar-refractivity contribution in [3.05, 3.63) is 29.8 Å². The third-order valence-electron chi connectivity index (χ3n) is 15.7. The number of carbonyl (C=O) groups is 13. The maximum atomic E-state index is 14.6. The number of carboxylic acid groups (broad SMARTS) is 1. The van der Waals surface area contributed by atoms with Crippen LogP contribution in [-0.4, -0.2) is 220 Å². The van der Waals surface area contributed by atoms with Crippen molar-refractivity contribution in [2.75, 3.05) is 39.3 Å². The monoisotopic (exact) mass is 1360 g/mol. The summed E-state index contributed by atoms with van der Waals surface area (Å²) >= 11 is 0. The summed E-state index contributed by atoms with van der Waals surface area (Å²) in [5.41, 5.74) is 33.9. The molecule has 35 nitrogen and oxygen atoms in total. The van der Waals surface area contributed by atoms with E-state index in [9.17, 15) is 82.8 Å². The summed E-state index contributed by atoms with van der Waals surface area (Å²) in [4.78, 5) is 183. The second-order valence-corrected chi connectivity index (χ2v) is 24.7. The Balaban J connectivity index is 2.51. The van der Waals surface area contributed by atoms with Gasteiger partial charge in [0.2, 0.25) is 70.9 Å². The van der Waals surface area contributed by atoms with Gasteiger partial charge in [0.25, 0.3) is 0 Å². The number of aromatic hydroxyl groups is 1. The summed E-state index contributed by atoms with van der Waals surface area (Å²) in [6, 6.07) is -10.3. The molecule has 12 atom stereocenters. The lowest BCUT2D eigenvalue weighted by atomic mass is 10.00. The Labute approximate surface area is 558 Å². The molecular weight excluding hydrogens is 1260 g/mol. The van der Waals surface area contributed by atoms with Crippen LogP contribution in [-0.2, 0) is 68.7 Å². The molecular formula is C61H104N18O17. The average Bonchev–Trinajstić information content (AvgIpc) is 1.54. The molecule has 1 aromatic carbocycles. The summed E-state index contributed by atoms with van der Waals surface area (Å²) in [6.07, 6.45) is -1.15. The molecule has 96 heavy (non-hydrogen) atoms. The van der Waals surface area contributed by atoms with Crippen molar-refractivity contribution in [1.82, 2.24) is 58.1 Å². The lowest BCUT2D eigenvalue weighted by Crippen LogP contribution is -2.62. The number of aliphatic imine (C=N–C) groups is 1. The lowest BCUT2D eigenvalue weighted by Gasteiger charge is -2.32. The van der Waals surface area contributed by atoms with E-state index in [1.54, 1.807) is 41.5 Å². The minimum absolute atomic E-state index is 0.0167. The summed E-state index contributed by atoms with van der Waals surface area (Å²) in [6.45, 7) is 9.83. The van der Waals surface area contributed by atoms with Crippen LogP contribution in [0.1, 0.15) is 131 Å². The van der Waals surface area contributed by atoms with E-state index in [2.05, 4.69) is 58.2 Å². The molecule has 0 aromatic heterocycles. The Morgan fingerprint density at radius 1 is 0.531 bits per heavy atom. The number of unbranched alkanes of at least 4 members (excludes halogenated alkanes) is 2. The first kappa shape index (κ1) is 83.3. The van der Waals surface area contributed by atoms with Crippen molar-refractivity contribution in [3.63, 3.8) is 0 Å². The third-order valence-corrected chi connectivity index (χ3v) is 15.7. The van der Waals surface area contributed by atoms with Crippen molar-refractivity contribution in [2.45, 2.75) is 205 Å². The number of aliphatic carboxylic acids is 1. The molecule has 1 aromatic rings. The van der Waals surface area contributed by atoms with Crippen molar-refractivity contribution < 1.29 is 82.8 Å². The highest BCUT2D eigenvalue weighted by Gasteiger charge is 2.42. The SMILES string of the molecule is CC(C)[C@H](NC(=O)CN)C(=O)N[C@@H](CCCN=C(N)N)C(=O)N[C@@H](Cc1ccc(O)cc1)C(=O)N[C@H](C(=O)N[C@@H](CCCCN)C(=O)N[C@@H](CCCCN)C(=O)N[C@H](C(=O)N1CCC[C@H]1C(=O)N[C@@H](CCC(N)=O)C(=O)N[C@H](C(=O)N[C@@H](CO)C(=O)O)C(C)C)C(C)C)[C@@H](C)O. The number of likely N-dealkylation sites (tertiary alicyclic amines) is 1. The minimum atomic E-state index is -1.82. The van der Waals surface area contributed by atoms with E-state index in [1.807, 2.05) is 0 Å². The zero-order chi connectivity index (χ0) is 72.5. The largest absolute Gasteiger partial charge is 0.508 e. The molecule has 0 bridgehead atoms. The Hall–Kier alpha value is -8.80. The number of carbonyl (C=O) groups excluding carboxylic acids is 12. The maximum absolute atomic E-state index is 14.6. The standard InChI is InChI=1S/C61H104N18O17/c1-31(2)46(75-45(84)29-64)56(91)71-39(16-12-26-68-61(66)67)51(86)73-41(28-35-18-20-36(82)21-19-35)54(89)78-49(34(7)81)58(93)72-37(14-8-10-24-62)50(85)69-38(15-9-11-25-63)52(87)77-48(33(5)6)59(94)79-27-13-17-43(79)55(90)70-40(22-23-44(65)83)53(88)76-47(32(3)4)57(92)74-42(30-80)60(95)96/h18-21,31-34,37-43,46-49,80-82H,8-17,22-30,62-64H2,1-7H3,(H2,65,83)(H,69,85)(H,70,90)(H,71,91)(H,72,93)(H,73,86)(H,74,92)(H,75,84)(H,76,88)(H,77,87)(H,78,89)(H,95,96)(H4,66,67,68)/t34-,37+,38+,39+,40+,41+,42+,43+,46+,47+,48+,49+/m1/s1. The van der Waals surface area contributed by atoms with Gasteiger partial charge in [-0.05, 0) is 126 Å². The van der Waals surface area contributed by atoms with Crippen molar-refractivity contribution in [3.8, 4) is 5.75 Å². The Kier molecular flexibility index (Phi) is 37.0.